The topological polar surface area (TPSA) is 91.2 Å². The van der Waals surface area contributed by atoms with Gasteiger partial charge in [-0.25, -0.2) is 8.78 Å². The van der Waals surface area contributed by atoms with Crippen LogP contribution in [0.5, 0.6) is 0 Å². The van der Waals surface area contributed by atoms with Crippen molar-refractivity contribution >= 4 is 40.8 Å². The van der Waals surface area contributed by atoms with Crippen LogP contribution in [0.2, 0.25) is 10.0 Å². The second-order valence-electron chi connectivity index (χ2n) is 12.9. The smallest absolute Gasteiger partial charge is 0.315 e. The molecule has 0 aliphatic carbocycles. The molecule has 3 aromatic carbocycles. The summed E-state index contributed by atoms with van der Waals surface area (Å²) in [7, 11) is 1.32. The predicted molar refractivity (Wildman–Crippen MR) is 168 cm³/mol. The molecule has 2 N–H and O–H groups in total. The van der Waals surface area contributed by atoms with Gasteiger partial charge in [-0.15, -0.1) is 0 Å². The Labute approximate surface area is 266 Å². The van der Waals surface area contributed by atoms with Crippen LogP contribution in [0.25, 0.3) is 0 Å². The summed E-state index contributed by atoms with van der Waals surface area (Å²) < 4.78 is 36.5. The molecule has 1 amide bonds. The Morgan fingerprint density at radius 3 is 2.27 bits per heavy atom. The molecule has 44 heavy (non-hydrogen) atoms. The summed E-state index contributed by atoms with van der Waals surface area (Å²) in [5.74, 6) is -3.69. The maximum absolute atomic E-state index is 15.8. The second kappa shape index (κ2) is 12.5. The third kappa shape index (κ3) is 6.19. The number of benzene rings is 3. The normalized spacial score (nSPS) is 21.9. The van der Waals surface area contributed by atoms with Crippen LogP contribution in [0, 0.1) is 28.4 Å². The fraction of sp³-hybridized carbons (Fsp3) is 0.382. The monoisotopic (exact) mass is 641 g/mol. The number of hydrogen-bond acceptors (Lipinski definition) is 5. The number of methoxy groups -OCH3 is 1. The van der Waals surface area contributed by atoms with Crippen molar-refractivity contribution in [3.05, 3.63) is 99.0 Å². The summed E-state index contributed by atoms with van der Waals surface area (Å²) in [6.45, 7) is 9.36. The number of amides is 1. The van der Waals surface area contributed by atoms with E-state index in [0.29, 0.717) is 17.7 Å². The molecule has 3 aromatic rings. The first kappa shape index (κ1) is 33.4. The van der Waals surface area contributed by atoms with Gasteiger partial charge >= 0.3 is 5.97 Å². The van der Waals surface area contributed by atoms with Crippen LogP contribution in [-0.4, -0.2) is 31.1 Å². The Morgan fingerprint density at radius 1 is 1.05 bits per heavy atom. The van der Waals surface area contributed by atoms with E-state index in [1.165, 1.54) is 37.4 Å². The molecule has 232 valence electrons. The predicted octanol–water partition coefficient (Wildman–Crippen LogP) is 7.68. The summed E-state index contributed by atoms with van der Waals surface area (Å²) in [6, 6.07) is 15.5. The van der Waals surface area contributed by atoms with Crippen LogP contribution in [0.3, 0.4) is 0 Å². The van der Waals surface area contributed by atoms with E-state index in [4.69, 9.17) is 27.9 Å². The zero-order chi connectivity index (χ0) is 32.6. The van der Waals surface area contributed by atoms with Gasteiger partial charge in [-0.1, -0.05) is 74.3 Å². The molecule has 0 radical (unpaired) electrons. The molecule has 1 heterocycles. The third-order valence-electron chi connectivity index (χ3n) is 8.30. The van der Waals surface area contributed by atoms with Crippen LogP contribution in [-0.2, 0) is 25.2 Å². The lowest BCUT2D eigenvalue weighted by Gasteiger charge is -2.37. The van der Waals surface area contributed by atoms with E-state index >= 15 is 8.78 Å². The van der Waals surface area contributed by atoms with Crippen LogP contribution in [0.1, 0.15) is 63.6 Å². The lowest BCUT2D eigenvalue weighted by molar-refractivity contribution is -0.146. The van der Waals surface area contributed by atoms with Gasteiger partial charge in [0.05, 0.1) is 29.7 Å². The summed E-state index contributed by atoms with van der Waals surface area (Å²) in [5, 5.41) is 17.1. The number of nitrogens with one attached hydrogen (secondary N) is 2. The van der Waals surface area contributed by atoms with E-state index in [9.17, 15) is 14.9 Å². The van der Waals surface area contributed by atoms with Crippen molar-refractivity contribution in [2.75, 3.05) is 12.4 Å². The van der Waals surface area contributed by atoms with Gasteiger partial charge in [0.2, 0.25) is 5.91 Å². The number of anilines is 1. The van der Waals surface area contributed by atoms with Crippen LogP contribution < -0.4 is 10.6 Å². The molecular weight excluding hydrogens is 607 g/mol. The average molecular weight is 643 g/mol. The fourth-order valence-electron chi connectivity index (χ4n) is 6.12. The van der Waals surface area contributed by atoms with Gasteiger partial charge < -0.3 is 15.4 Å². The molecule has 1 fully saturated rings. The number of esters is 1. The van der Waals surface area contributed by atoms with E-state index < -0.39 is 52.3 Å². The number of nitrogens with zero attached hydrogens (tertiary/aromatic N) is 1. The molecule has 1 aliphatic rings. The van der Waals surface area contributed by atoms with Gasteiger partial charge in [0.15, 0.2) is 0 Å². The first-order valence-corrected chi connectivity index (χ1v) is 14.9. The molecule has 10 heteroatoms. The van der Waals surface area contributed by atoms with Crippen LogP contribution in [0.15, 0.2) is 60.7 Å². The van der Waals surface area contributed by atoms with Gasteiger partial charge in [-0.05, 0) is 67.1 Å². The standard InChI is InChI=1S/C34H35Cl2F2N3O3/c1-32(2,3)17-26-34(18-39,23-15-12-20(35)16-25(23)37)27(22-8-7-9-24(36)28(22)38)29(41-26)30(42)40-21-13-10-19(11-14-21)33(4,5)31(43)44-6/h7-16,26-27,29,41H,17H2,1-6H3,(H,40,42)/t26-,27-,29+,34-/m1/s1. The largest absolute Gasteiger partial charge is 0.468 e. The molecule has 4 atom stereocenters. The fourth-order valence-corrected chi connectivity index (χ4v) is 6.46. The lowest BCUT2D eigenvalue weighted by Crippen LogP contribution is -2.45. The van der Waals surface area contributed by atoms with Crippen molar-refractivity contribution in [2.45, 2.75) is 69.9 Å². The van der Waals surface area contributed by atoms with E-state index in [1.54, 1.807) is 38.1 Å². The van der Waals surface area contributed by atoms with Crippen molar-refractivity contribution in [3.63, 3.8) is 0 Å². The summed E-state index contributed by atoms with van der Waals surface area (Å²) in [5.41, 5.74) is -1.93. The van der Waals surface area contributed by atoms with E-state index in [2.05, 4.69) is 16.7 Å². The van der Waals surface area contributed by atoms with E-state index in [-0.39, 0.29) is 26.6 Å². The SMILES string of the molecule is COC(=O)C(C)(C)c1ccc(NC(=O)[C@H]2N[C@H](CC(C)(C)C)[C@@](C#N)(c3ccc(Cl)cc3F)[C@@H]2c2cccc(Cl)c2F)cc1. The van der Waals surface area contributed by atoms with Crippen LogP contribution >= 0.6 is 23.2 Å². The highest BCUT2D eigenvalue weighted by molar-refractivity contribution is 6.31. The minimum absolute atomic E-state index is 0.000204. The Balaban J connectivity index is 1.86. The molecule has 0 saturated carbocycles. The highest BCUT2D eigenvalue weighted by Crippen LogP contribution is 2.53. The molecule has 1 aliphatic heterocycles. The molecule has 6 nitrogen and oxygen atoms in total. The molecule has 1 saturated heterocycles. The first-order chi connectivity index (χ1) is 20.6. The first-order valence-electron chi connectivity index (χ1n) is 14.1. The van der Waals surface area contributed by atoms with Gasteiger partial charge in [-0.3, -0.25) is 9.59 Å². The Bertz CT molecular complexity index is 1620. The number of hydrogen-bond donors (Lipinski definition) is 2. The molecule has 0 unspecified atom stereocenters. The number of nitriles is 1. The molecule has 0 aromatic heterocycles. The molecule has 4 rings (SSSR count). The minimum atomic E-state index is -1.73. The number of halogens is 4. The number of carbonyl (C=O) groups is 2. The van der Waals surface area contributed by atoms with Gasteiger partial charge in [0.1, 0.15) is 17.0 Å². The highest BCUT2D eigenvalue weighted by Gasteiger charge is 2.61. The highest BCUT2D eigenvalue weighted by atomic mass is 35.5. The minimum Gasteiger partial charge on any atom is -0.468 e. The van der Waals surface area contributed by atoms with Crippen molar-refractivity contribution in [1.29, 1.82) is 5.26 Å². The molecular formula is C34H35Cl2F2N3O3. The van der Waals surface area contributed by atoms with Crippen LogP contribution in [0.4, 0.5) is 14.5 Å². The maximum Gasteiger partial charge on any atom is 0.315 e. The Hall–Kier alpha value is -3.51. The molecule has 0 bridgehead atoms. The summed E-state index contributed by atoms with van der Waals surface area (Å²) in [4.78, 5) is 26.4. The second-order valence-corrected chi connectivity index (χ2v) is 13.7. The summed E-state index contributed by atoms with van der Waals surface area (Å²) >= 11 is 12.3. The average Bonchev–Trinajstić information content (AvgIpc) is 3.27. The zero-order valence-electron chi connectivity index (χ0n) is 25.4. The van der Waals surface area contributed by atoms with Gasteiger partial charge in [0.25, 0.3) is 0 Å². The Kier molecular flexibility index (Phi) is 9.46. The van der Waals surface area contributed by atoms with E-state index in [1.807, 2.05) is 20.8 Å². The van der Waals surface area contributed by atoms with Crippen molar-refractivity contribution in [1.82, 2.24) is 5.32 Å². The number of rotatable bonds is 7. The van der Waals surface area contributed by atoms with Crippen molar-refractivity contribution in [3.8, 4) is 6.07 Å². The third-order valence-corrected chi connectivity index (χ3v) is 8.83. The number of carbonyl (C=O) groups excluding carboxylic acids is 2. The lowest BCUT2D eigenvalue weighted by atomic mass is 9.62. The van der Waals surface area contributed by atoms with Crippen molar-refractivity contribution < 1.29 is 23.1 Å². The maximum atomic E-state index is 15.8. The van der Waals surface area contributed by atoms with E-state index in [0.717, 1.165) is 6.07 Å². The zero-order valence-corrected chi connectivity index (χ0v) is 26.9. The summed E-state index contributed by atoms with van der Waals surface area (Å²) in [6.07, 6.45) is 0.350. The van der Waals surface area contributed by atoms with Gasteiger partial charge in [0, 0.05) is 28.2 Å². The number of ether oxygens (including phenoxy) is 1. The quantitative estimate of drug-likeness (QED) is 0.258. The van der Waals surface area contributed by atoms with Crippen molar-refractivity contribution in [2.24, 2.45) is 5.41 Å². The molecule has 0 spiro atoms. The van der Waals surface area contributed by atoms with Gasteiger partial charge in [-0.2, -0.15) is 5.26 Å². The Morgan fingerprint density at radius 2 is 1.70 bits per heavy atom.